The van der Waals surface area contributed by atoms with Gasteiger partial charge in [-0.3, -0.25) is 14.0 Å². The summed E-state index contributed by atoms with van der Waals surface area (Å²) in [5.74, 6) is 0.682. The van der Waals surface area contributed by atoms with Gasteiger partial charge in [-0.2, -0.15) is 0 Å². The lowest BCUT2D eigenvalue weighted by atomic mass is 10.1. The van der Waals surface area contributed by atoms with Crippen molar-refractivity contribution in [1.82, 2.24) is 19.3 Å². The number of imidazole rings is 1. The molecular formula is C20H25N5O3. The number of carbonyl (C=O) groups excluding carboxylic acids is 1. The molecule has 0 bridgehead atoms. The Balaban J connectivity index is 1.83. The number of hydrogen-bond donors (Lipinski definition) is 1. The Labute approximate surface area is 162 Å². The fraction of sp³-hybridized carbons (Fsp3) is 0.450. The molecule has 2 aromatic heterocycles. The molecule has 28 heavy (non-hydrogen) atoms. The van der Waals surface area contributed by atoms with Gasteiger partial charge in [-0.1, -0.05) is 0 Å². The zero-order chi connectivity index (χ0) is 19.7. The Morgan fingerprint density at radius 1 is 1.25 bits per heavy atom. The first-order chi connectivity index (χ1) is 13.6. The van der Waals surface area contributed by atoms with Gasteiger partial charge in [0.25, 0.3) is 11.5 Å². The number of fused-ring (bicyclic) bond motifs is 3. The van der Waals surface area contributed by atoms with Crippen LogP contribution in [0.15, 0.2) is 29.2 Å². The van der Waals surface area contributed by atoms with Crippen molar-refractivity contribution < 1.29 is 9.53 Å². The first-order valence-corrected chi connectivity index (χ1v) is 9.63. The standard InChI is InChI=1S/C20H25N5O3/c1-23(10-11-28-2)19(27)14-6-7-15-16(12-14)25-17(18(26)22-15)13-21-20(25)24-8-4-3-5-9-24/h6-7,12-13H,3-5,8-11H2,1-2H3,(H,22,26). The molecule has 1 aliphatic rings. The molecule has 0 unspecified atom stereocenters. The number of benzene rings is 1. The number of methoxy groups -OCH3 is 1. The number of aromatic nitrogens is 3. The van der Waals surface area contributed by atoms with Crippen LogP contribution in [0.1, 0.15) is 29.6 Å². The summed E-state index contributed by atoms with van der Waals surface area (Å²) in [4.78, 5) is 36.6. The van der Waals surface area contributed by atoms with Crippen molar-refractivity contribution in [3.05, 3.63) is 40.3 Å². The third-order valence-corrected chi connectivity index (χ3v) is 5.33. The molecule has 1 N–H and O–H groups in total. The number of nitrogens with one attached hydrogen (secondary N) is 1. The average Bonchev–Trinajstić information content (AvgIpc) is 3.18. The summed E-state index contributed by atoms with van der Waals surface area (Å²) >= 11 is 0. The lowest BCUT2D eigenvalue weighted by molar-refractivity contribution is 0.0744. The summed E-state index contributed by atoms with van der Waals surface area (Å²) in [6, 6.07) is 5.36. The fourth-order valence-corrected chi connectivity index (χ4v) is 3.75. The monoisotopic (exact) mass is 383 g/mol. The van der Waals surface area contributed by atoms with E-state index in [1.165, 1.54) is 6.42 Å². The first kappa shape index (κ1) is 18.5. The molecular weight excluding hydrogens is 358 g/mol. The summed E-state index contributed by atoms with van der Waals surface area (Å²) in [5.41, 5.74) is 2.34. The normalized spacial score (nSPS) is 14.7. The minimum atomic E-state index is -0.181. The summed E-state index contributed by atoms with van der Waals surface area (Å²) in [6.45, 7) is 2.84. The molecule has 3 heterocycles. The van der Waals surface area contributed by atoms with Crippen molar-refractivity contribution in [3.8, 4) is 0 Å². The maximum atomic E-state index is 12.8. The van der Waals surface area contributed by atoms with Crippen molar-refractivity contribution in [2.75, 3.05) is 45.3 Å². The van der Waals surface area contributed by atoms with Crippen molar-refractivity contribution in [1.29, 1.82) is 0 Å². The number of piperidine rings is 1. The summed E-state index contributed by atoms with van der Waals surface area (Å²) in [5, 5.41) is 0. The number of aromatic amines is 1. The molecule has 0 saturated carbocycles. The van der Waals surface area contributed by atoms with Crippen molar-refractivity contribution in [2.45, 2.75) is 19.3 Å². The fourth-order valence-electron chi connectivity index (χ4n) is 3.75. The highest BCUT2D eigenvalue weighted by atomic mass is 16.5. The molecule has 4 rings (SSSR count). The van der Waals surface area contributed by atoms with E-state index in [0.717, 1.165) is 37.4 Å². The smallest absolute Gasteiger partial charge is 0.274 e. The van der Waals surface area contributed by atoms with Gasteiger partial charge < -0.3 is 19.5 Å². The van der Waals surface area contributed by atoms with E-state index >= 15 is 0 Å². The molecule has 8 nitrogen and oxygen atoms in total. The predicted octanol–water partition coefficient (Wildman–Crippen LogP) is 1.88. The second-order valence-corrected chi connectivity index (χ2v) is 7.23. The molecule has 0 spiro atoms. The number of anilines is 1. The predicted molar refractivity (Wildman–Crippen MR) is 108 cm³/mol. The van der Waals surface area contributed by atoms with Crippen molar-refractivity contribution >= 4 is 28.4 Å². The van der Waals surface area contributed by atoms with Crippen LogP contribution < -0.4 is 10.5 Å². The molecule has 148 valence electrons. The van der Waals surface area contributed by atoms with Gasteiger partial charge in [-0.05, 0) is 37.5 Å². The molecule has 0 radical (unpaired) electrons. The Bertz CT molecular complexity index is 1060. The number of rotatable bonds is 5. The van der Waals surface area contributed by atoms with Gasteiger partial charge >= 0.3 is 0 Å². The van der Waals surface area contributed by atoms with Gasteiger partial charge in [0.1, 0.15) is 5.52 Å². The largest absolute Gasteiger partial charge is 0.383 e. The van der Waals surface area contributed by atoms with Crippen LogP contribution in [0, 0.1) is 0 Å². The number of carbonyl (C=O) groups is 1. The molecule has 1 fully saturated rings. The second-order valence-electron chi connectivity index (χ2n) is 7.23. The number of nitrogens with zero attached hydrogens (tertiary/aromatic N) is 4. The maximum absolute atomic E-state index is 12.8. The molecule has 1 aliphatic heterocycles. The minimum absolute atomic E-state index is 0.0852. The topological polar surface area (TPSA) is 82.9 Å². The van der Waals surface area contributed by atoms with Crippen LogP contribution >= 0.6 is 0 Å². The molecule has 1 saturated heterocycles. The van der Waals surface area contributed by atoms with E-state index in [4.69, 9.17) is 4.74 Å². The average molecular weight is 383 g/mol. The quantitative estimate of drug-likeness (QED) is 0.727. The summed E-state index contributed by atoms with van der Waals surface area (Å²) < 4.78 is 6.94. The minimum Gasteiger partial charge on any atom is -0.383 e. The van der Waals surface area contributed by atoms with Crippen molar-refractivity contribution in [2.24, 2.45) is 0 Å². The van der Waals surface area contributed by atoms with E-state index in [1.807, 2.05) is 10.5 Å². The first-order valence-electron chi connectivity index (χ1n) is 9.63. The number of likely N-dealkylation sites (N-methyl/N-ethyl adjacent to an activating group) is 1. The SMILES string of the molecule is COCCN(C)C(=O)c1ccc2[nH]c(=O)c3cnc(N4CCCCC4)n3c2c1. The highest BCUT2D eigenvalue weighted by Gasteiger charge is 2.20. The van der Waals surface area contributed by atoms with Gasteiger partial charge in [-0.25, -0.2) is 4.98 Å². The second kappa shape index (κ2) is 7.63. The number of ether oxygens (including phenoxy) is 1. The molecule has 1 amide bonds. The van der Waals surface area contributed by atoms with Crippen LogP contribution in [0.4, 0.5) is 5.95 Å². The van der Waals surface area contributed by atoms with Crippen LogP contribution in [0.2, 0.25) is 0 Å². The van der Waals surface area contributed by atoms with E-state index in [-0.39, 0.29) is 11.5 Å². The highest BCUT2D eigenvalue weighted by Crippen LogP contribution is 2.24. The number of amides is 1. The lowest BCUT2D eigenvalue weighted by Crippen LogP contribution is -2.31. The van der Waals surface area contributed by atoms with Crippen LogP contribution in [0.5, 0.6) is 0 Å². The number of hydrogen-bond acceptors (Lipinski definition) is 5. The maximum Gasteiger partial charge on any atom is 0.274 e. The highest BCUT2D eigenvalue weighted by molar-refractivity contribution is 5.97. The van der Waals surface area contributed by atoms with E-state index in [1.54, 1.807) is 37.4 Å². The van der Waals surface area contributed by atoms with Gasteiger partial charge in [-0.15, -0.1) is 0 Å². The molecule has 8 heteroatoms. The van der Waals surface area contributed by atoms with E-state index < -0.39 is 0 Å². The summed E-state index contributed by atoms with van der Waals surface area (Å²) in [7, 11) is 3.37. The van der Waals surface area contributed by atoms with E-state index in [9.17, 15) is 9.59 Å². The Hall–Kier alpha value is -2.87. The van der Waals surface area contributed by atoms with Crippen LogP contribution in [-0.2, 0) is 4.74 Å². The Kier molecular flexibility index (Phi) is 5.04. The van der Waals surface area contributed by atoms with Crippen LogP contribution in [-0.4, -0.2) is 65.6 Å². The zero-order valence-electron chi connectivity index (χ0n) is 16.3. The lowest BCUT2D eigenvalue weighted by Gasteiger charge is -2.27. The van der Waals surface area contributed by atoms with Gasteiger partial charge in [0.2, 0.25) is 5.95 Å². The molecule has 0 aliphatic carbocycles. The van der Waals surface area contributed by atoms with Gasteiger partial charge in [0.15, 0.2) is 0 Å². The van der Waals surface area contributed by atoms with Crippen LogP contribution in [0.25, 0.3) is 16.6 Å². The molecule has 1 aromatic carbocycles. The summed E-state index contributed by atoms with van der Waals surface area (Å²) in [6.07, 6.45) is 5.06. The Morgan fingerprint density at radius 2 is 2.04 bits per heavy atom. The number of H-pyrrole nitrogens is 1. The van der Waals surface area contributed by atoms with Gasteiger partial charge in [0, 0.05) is 39.4 Å². The third-order valence-electron chi connectivity index (χ3n) is 5.33. The molecule has 0 atom stereocenters. The zero-order valence-corrected chi connectivity index (χ0v) is 16.3. The van der Waals surface area contributed by atoms with E-state index in [2.05, 4.69) is 14.9 Å². The van der Waals surface area contributed by atoms with Gasteiger partial charge in [0.05, 0.1) is 23.8 Å². The van der Waals surface area contributed by atoms with Crippen molar-refractivity contribution in [3.63, 3.8) is 0 Å². The van der Waals surface area contributed by atoms with Crippen LogP contribution in [0.3, 0.4) is 0 Å². The Morgan fingerprint density at radius 3 is 2.79 bits per heavy atom. The molecule has 3 aromatic rings. The van der Waals surface area contributed by atoms with E-state index in [0.29, 0.717) is 29.7 Å². The third kappa shape index (κ3) is 3.24.